The summed E-state index contributed by atoms with van der Waals surface area (Å²) in [5.74, 6) is -1.09. The Hall–Kier alpha value is -3.09. The number of hydrogen-bond acceptors (Lipinski definition) is 4. The van der Waals surface area contributed by atoms with Crippen molar-refractivity contribution in [1.82, 2.24) is 5.32 Å². The first-order chi connectivity index (χ1) is 13.0. The third-order valence-corrected chi connectivity index (χ3v) is 4.52. The molecule has 2 aromatic rings. The summed E-state index contributed by atoms with van der Waals surface area (Å²) in [5.41, 5.74) is 1.27. The van der Waals surface area contributed by atoms with Crippen LogP contribution in [0.2, 0.25) is 0 Å². The number of aryl methyl sites for hydroxylation is 1. The molecule has 2 atom stereocenters. The van der Waals surface area contributed by atoms with E-state index in [-0.39, 0.29) is 12.8 Å². The van der Waals surface area contributed by atoms with Gasteiger partial charge in [-0.05, 0) is 42.7 Å². The van der Waals surface area contributed by atoms with E-state index in [1.165, 1.54) is 12.1 Å². The van der Waals surface area contributed by atoms with Gasteiger partial charge in [0.05, 0.1) is 7.11 Å². The smallest absolute Gasteiger partial charge is 0.326 e. The molecule has 0 bridgehead atoms. The Kier molecular flexibility index (Phi) is 5.59. The molecule has 1 aliphatic heterocycles. The summed E-state index contributed by atoms with van der Waals surface area (Å²) in [5, 5.41) is 11.9. The Bertz CT molecular complexity index is 837. The van der Waals surface area contributed by atoms with E-state index >= 15 is 0 Å². The lowest BCUT2D eigenvalue weighted by Crippen LogP contribution is -2.47. The number of hydrogen-bond donors (Lipinski definition) is 2. The maximum Gasteiger partial charge on any atom is 0.326 e. The van der Waals surface area contributed by atoms with Crippen LogP contribution in [0.25, 0.3) is 0 Å². The second-order valence-electron chi connectivity index (χ2n) is 6.31. The van der Waals surface area contributed by atoms with E-state index in [4.69, 9.17) is 9.47 Å². The van der Waals surface area contributed by atoms with Crippen LogP contribution in [-0.2, 0) is 22.4 Å². The summed E-state index contributed by atoms with van der Waals surface area (Å²) in [4.78, 5) is 23.9. The lowest BCUT2D eigenvalue weighted by atomic mass is 10.0. The van der Waals surface area contributed by atoms with Gasteiger partial charge in [0.2, 0.25) is 0 Å². The number of rotatable bonds is 7. The van der Waals surface area contributed by atoms with Gasteiger partial charge >= 0.3 is 5.97 Å². The van der Waals surface area contributed by atoms with Gasteiger partial charge in [-0.25, -0.2) is 9.18 Å². The molecule has 0 aliphatic carbocycles. The van der Waals surface area contributed by atoms with Crippen molar-refractivity contribution >= 4 is 11.9 Å². The van der Waals surface area contributed by atoms with Gasteiger partial charge in [-0.15, -0.1) is 0 Å². The molecule has 142 valence electrons. The standard InChI is InChI=1S/C20H20FNO5/c1-26-13-8-5-12(6-9-13)7-10-16(20(24)25)22-19(23)18-11-14-15(21)3-2-4-17(14)27-18/h2-6,8-9,16,18H,7,10-11H2,1H3,(H,22,23)(H,24,25). The highest BCUT2D eigenvalue weighted by Crippen LogP contribution is 2.30. The van der Waals surface area contributed by atoms with E-state index < -0.39 is 29.8 Å². The number of methoxy groups -OCH3 is 1. The Morgan fingerprint density at radius 3 is 2.67 bits per heavy atom. The van der Waals surface area contributed by atoms with Crippen LogP contribution in [0.3, 0.4) is 0 Å². The number of carbonyl (C=O) groups is 2. The minimum Gasteiger partial charge on any atom is -0.497 e. The molecule has 1 amide bonds. The number of nitrogens with one attached hydrogen (secondary N) is 1. The minimum absolute atomic E-state index is 0.0820. The number of amides is 1. The highest BCUT2D eigenvalue weighted by Gasteiger charge is 2.33. The Morgan fingerprint density at radius 1 is 1.30 bits per heavy atom. The van der Waals surface area contributed by atoms with Gasteiger partial charge in [0, 0.05) is 12.0 Å². The monoisotopic (exact) mass is 373 g/mol. The average molecular weight is 373 g/mol. The van der Waals surface area contributed by atoms with Crippen molar-refractivity contribution in [3.05, 3.63) is 59.4 Å². The van der Waals surface area contributed by atoms with Crippen LogP contribution in [0.5, 0.6) is 11.5 Å². The van der Waals surface area contributed by atoms with Gasteiger partial charge in [-0.3, -0.25) is 4.79 Å². The van der Waals surface area contributed by atoms with Crippen LogP contribution in [-0.4, -0.2) is 36.2 Å². The van der Waals surface area contributed by atoms with E-state index in [0.29, 0.717) is 23.5 Å². The highest BCUT2D eigenvalue weighted by atomic mass is 19.1. The predicted molar refractivity (Wildman–Crippen MR) is 95.4 cm³/mol. The van der Waals surface area contributed by atoms with Crippen molar-refractivity contribution in [2.24, 2.45) is 0 Å². The van der Waals surface area contributed by atoms with Crippen molar-refractivity contribution < 1.29 is 28.6 Å². The topological polar surface area (TPSA) is 84.9 Å². The fourth-order valence-electron chi connectivity index (χ4n) is 3.00. The van der Waals surface area contributed by atoms with E-state index in [0.717, 1.165) is 5.56 Å². The van der Waals surface area contributed by atoms with Gasteiger partial charge in [0.1, 0.15) is 23.4 Å². The van der Waals surface area contributed by atoms with Crippen molar-refractivity contribution in [2.45, 2.75) is 31.4 Å². The molecule has 0 saturated heterocycles. The summed E-state index contributed by atoms with van der Waals surface area (Å²) >= 11 is 0. The molecule has 2 unspecified atom stereocenters. The zero-order chi connectivity index (χ0) is 19.4. The summed E-state index contributed by atoms with van der Waals surface area (Å²) in [7, 11) is 1.57. The summed E-state index contributed by atoms with van der Waals surface area (Å²) in [6.45, 7) is 0. The average Bonchev–Trinajstić information content (AvgIpc) is 3.11. The molecular formula is C20H20FNO5. The minimum atomic E-state index is -1.13. The van der Waals surface area contributed by atoms with Gasteiger partial charge in [0.15, 0.2) is 6.10 Å². The highest BCUT2D eigenvalue weighted by molar-refractivity contribution is 5.87. The molecule has 0 radical (unpaired) electrons. The molecule has 0 aromatic heterocycles. The van der Waals surface area contributed by atoms with Crippen LogP contribution in [0.15, 0.2) is 42.5 Å². The molecule has 0 spiro atoms. The van der Waals surface area contributed by atoms with Crippen LogP contribution in [0.1, 0.15) is 17.5 Å². The first-order valence-electron chi connectivity index (χ1n) is 8.58. The number of fused-ring (bicyclic) bond motifs is 1. The molecule has 6 nitrogen and oxygen atoms in total. The predicted octanol–water partition coefficient (Wildman–Crippen LogP) is 2.34. The molecular weight excluding hydrogens is 353 g/mol. The molecule has 0 fully saturated rings. The second kappa shape index (κ2) is 8.07. The number of benzene rings is 2. The molecule has 1 heterocycles. The third kappa shape index (κ3) is 4.36. The van der Waals surface area contributed by atoms with Gasteiger partial charge in [-0.2, -0.15) is 0 Å². The van der Waals surface area contributed by atoms with Gasteiger partial charge in [-0.1, -0.05) is 18.2 Å². The first-order valence-corrected chi connectivity index (χ1v) is 8.58. The zero-order valence-electron chi connectivity index (χ0n) is 14.8. The number of carboxylic acids is 1. The normalized spacial score (nSPS) is 16.1. The van der Waals surface area contributed by atoms with E-state index in [1.807, 2.05) is 12.1 Å². The van der Waals surface area contributed by atoms with E-state index in [2.05, 4.69) is 5.32 Å². The second-order valence-corrected chi connectivity index (χ2v) is 6.31. The quantitative estimate of drug-likeness (QED) is 0.778. The van der Waals surface area contributed by atoms with Crippen LogP contribution < -0.4 is 14.8 Å². The van der Waals surface area contributed by atoms with Crippen LogP contribution in [0.4, 0.5) is 4.39 Å². The van der Waals surface area contributed by atoms with E-state index in [1.54, 1.807) is 25.3 Å². The van der Waals surface area contributed by atoms with Gasteiger partial charge < -0.3 is 19.9 Å². The Morgan fingerprint density at radius 2 is 2.04 bits per heavy atom. The molecule has 2 N–H and O–H groups in total. The summed E-state index contributed by atoms with van der Waals surface area (Å²) < 4.78 is 24.3. The van der Waals surface area contributed by atoms with Gasteiger partial charge in [0.25, 0.3) is 5.91 Å². The molecule has 27 heavy (non-hydrogen) atoms. The van der Waals surface area contributed by atoms with Crippen LogP contribution in [0, 0.1) is 5.82 Å². The number of halogens is 1. The zero-order valence-corrected chi connectivity index (χ0v) is 14.8. The molecule has 1 aliphatic rings. The summed E-state index contributed by atoms with van der Waals surface area (Å²) in [6, 6.07) is 10.6. The summed E-state index contributed by atoms with van der Waals surface area (Å²) in [6.07, 6.45) is -0.151. The molecule has 0 saturated carbocycles. The van der Waals surface area contributed by atoms with Crippen LogP contribution >= 0.6 is 0 Å². The molecule has 7 heteroatoms. The lowest BCUT2D eigenvalue weighted by Gasteiger charge is -2.17. The maximum atomic E-state index is 13.8. The number of ether oxygens (including phenoxy) is 2. The maximum absolute atomic E-state index is 13.8. The largest absolute Gasteiger partial charge is 0.497 e. The SMILES string of the molecule is COc1ccc(CCC(NC(=O)C2Cc3c(F)cccc3O2)C(=O)O)cc1. The molecule has 3 rings (SSSR count). The Labute approximate surface area is 155 Å². The van der Waals surface area contributed by atoms with Crippen molar-refractivity contribution in [2.75, 3.05) is 7.11 Å². The fraction of sp³-hybridized carbons (Fsp3) is 0.300. The Balaban J connectivity index is 1.58. The number of carbonyl (C=O) groups excluding carboxylic acids is 1. The van der Waals surface area contributed by atoms with Crippen molar-refractivity contribution in [3.63, 3.8) is 0 Å². The fourth-order valence-corrected chi connectivity index (χ4v) is 3.00. The third-order valence-electron chi connectivity index (χ3n) is 4.52. The van der Waals surface area contributed by atoms with E-state index in [9.17, 15) is 19.1 Å². The lowest BCUT2D eigenvalue weighted by molar-refractivity contribution is -0.143. The molecule has 2 aromatic carbocycles. The number of aliphatic carboxylic acids is 1. The first kappa shape index (κ1) is 18.7. The van der Waals surface area contributed by atoms with Crippen molar-refractivity contribution in [1.29, 1.82) is 0 Å². The number of carboxylic acid groups (broad SMARTS) is 1. The van der Waals surface area contributed by atoms with Crippen molar-refractivity contribution in [3.8, 4) is 11.5 Å².